The first-order valence-electron chi connectivity index (χ1n) is 10.1. The number of pyridine rings is 2. The summed E-state index contributed by atoms with van der Waals surface area (Å²) in [5, 5.41) is 8.82. The van der Waals surface area contributed by atoms with E-state index in [0.29, 0.717) is 12.1 Å². The molecule has 0 spiro atoms. The largest absolute Gasteiger partial charge is 0.379 e. The van der Waals surface area contributed by atoms with Crippen molar-refractivity contribution in [3.63, 3.8) is 0 Å². The molecule has 0 aliphatic rings. The molecule has 0 saturated carbocycles. The minimum atomic E-state index is -0.900. The predicted molar refractivity (Wildman–Crippen MR) is 116 cm³/mol. The van der Waals surface area contributed by atoms with Gasteiger partial charge in [0.15, 0.2) is 0 Å². The molecule has 0 fully saturated rings. The molecule has 0 saturated heterocycles. The van der Waals surface area contributed by atoms with Crippen molar-refractivity contribution < 1.29 is 4.39 Å². The van der Waals surface area contributed by atoms with Gasteiger partial charge in [-0.05, 0) is 42.7 Å². The smallest absolute Gasteiger partial charge is 0.137 e. The first kappa shape index (κ1) is 19.2. The van der Waals surface area contributed by atoms with Crippen LogP contribution in [0.4, 0.5) is 4.39 Å². The van der Waals surface area contributed by atoms with Crippen LogP contribution in [0.1, 0.15) is 38.7 Å². The fourth-order valence-corrected chi connectivity index (χ4v) is 3.82. The lowest BCUT2D eigenvalue weighted by molar-refractivity contribution is 0.247. The number of rotatable bonds is 8. The van der Waals surface area contributed by atoms with Crippen molar-refractivity contribution in [2.24, 2.45) is 0 Å². The first-order chi connectivity index (χ1) is 14.1. The van der Waals surface area contributed by atoms with Crippen LogP contribution in [0.25, 0.3) is 33.4 Å². The molecule has 0 amide bonds. The lowest BCUT2D eigenvalue weighted by Gasteiger charge is -2.23. The molecule has 29 heavy (non-hydrogen) atoms. The minimum absolute atomic E-state index is 0.240. The number of hydrogen-bond donors (Lipinski definition) is 2. The number of aromatic amines is 1. The number of hydrogen-bond acceptors (Lipinski definition) is 3. The van der Waals surface area contributed by atoms with Gasteiger partial charge in [-0.2, -0.15) is 5.10 Å². The van der Waals surface area contributed by atoms with Gasteiger partial charge in [-0.15, -0.1) is 0 Å². The van der Waals surface area contributed by atoms with Crippen LogP contribution in [0.5, 0.6) is 0 Å². The quantitative estimate of drug-likeness (QED) is 0.425. The molecule has 4 aromatic rings. The van der Waals surface area contributed by atoms with E-state index in [1.165, 1.54) is 0 Å². The van der Waals surface area contributed by atoms with Crippen LogP contribution < -0.4 is 5.32 Å². The molecular formula is C23H26FN5. The predicted octanol–water partition coefficient (Wildman–Crippen LogP) is 5.35. The van der Waals surface area contributed by atoms with Crippen molar-refractivity contribution in [1.82, 2.24) is 24.9 Å². The van der Waals surface area contributed by atoms with Gasteiger partial charge >= 0.3 is 0 Å². The Kier molecular flexibility index (Phi) is 5.34. The van der Waals surface area contributed by atoms with E-state index in [0.717, 1.165) is 46.1 Å². The zero-order valence-corrected chi connectivity index (χ0v) is 16.8. The molecular weight excluding hydrogens is 365 g/mol. The maximum atomic E-state index is 14.4. The highest BCUT2D eigenvalue weighted by atomic mass is 19.1. The van der Waals surface area contributed by atoms with E-state index < -0.39 is 6.17 Å². The van der Waals surface area contributed by atoms with E-state index in [2.05, 4.69) is 46.0 Å². The topological polar surface area (TPSA) is 58.0 Å². The number of alkyl halides is 1. The lowest BCUT2D eigenvalue weighted by atomic mass is 10.0. The van der Waals surface area contributed by atoms with Crippen LogP contribution in [0.2, 0.25) is 0 Å². The Morgan fingerprint density at radius 3 is 3.00 bits per heavy atom. The van der Waals surface area contributed by atoms with Crippen molar-refractivity contribution in [3.8, 4) is 11.1 Å². The van der Waals surface area contributed by atoms with Gasteiger partial charge in [0.25, 0.3) is 0 Å². The third-order valence-corrected chi connectivity index (χ3v) is 5.39. The van der Waals surface area contributed by atoms with Gasteiger partial charge in [-0.25, -0.2) is 13.9 Å². The number of halogens is 1. The molecule has 4 heterocycles. The Hall–Kier alpha value is -3.15. The zero-order valence-electron chi connectivity index (χ0n) is 16.8. The Morgan fingerprint density at radius 1 is 1.34 bits per heavy atom. The van der Waals surface area contributed by atoms with E-state index in [9.17, 15) is 4.39 Å². The summed E-state index contributed by atoms with van der Waals surface area (Å²) in [6.45, 7) is 8.12. The summed E-state index contributed by atoms with van der Waals surface area (Å²) in [5.74, 6) is 0. The normalized spacial score (nSPS) is 13.6. The zero-order chi connectivity index (χ0) is 20.4. The third kappa shape index (κ3) is 3.62. The third-order valence-electron chi connectivity index (χ3n) is 5.39. The van der Waals surface area contributed by atoms with Gasteiger partial charge < -0.3 is 10.3 Å². The molecule has 0 aliphatic heterocycles. The van der Waals surface area contributed by atoms with Crippen molar-refractivity contribution in [3.05, 3.63) is 61.2 Å². The maximum Gasteiger partial charge on any atom is 0.137 e. The number of fused-ring (bicyclic) bond motifs is 2. The molecule has 1 unspecified atom stereocenters. The fraction of sp³-hybridized carbons (Fsp3) is 0.304. The molecule has 6 heteroatoms. The Labute approximate surface area is 169 Å². The minimum Gasteiger partial charge on any atom is -0.379 e. The van der Waals surface area contributed by atoms with Gasteiger partial charge in [0, 0.05) is 40.8 Å². The molecule has 2 N–H and O–H groups in total. The van der Waals surface area contributed by atoms with E-state index in [-0.39, 0.29) is 6.04 Å². The van der Waals surface area contributed by atoms with Crippen LogP contribution in [-0.4, -0.2) is 31.8 Å². The highest BCUT2D eigenvalue weighted by Gasteiger charge is 2.20. The van der Waals surface area contributed by atoms with Gasteiger partial charge in [0.1, 0.15) is 11.8 Å². The number of H-pyrrole nitrogens is 1. The second-order valence-electron chi connectivity index (χ2n) is 7.35. The number of nitrogens with zero attached hydrogens (tertiary/aromatic N) is 3. The van der Waals surface area contributed by atoms with E-state index in [1.54, 1.807) is 12.4 Å². The highest BCUT2D eigenvalue weighted by Crippen LogP contribution is 2.30. The summed E-state index contributed by atoms with van der Waals surface area (Å²) in [5.41, 5.74) is 5.52. The van der Waals surface area contributed by atoms with Crippen molar-refractivity contribution in [2.75, 3.05) is 0 Å². The van der Waals surface area contributed by atoms with Crippen molar-refractivity contribution in [2.45, 2.75) is 45.3 Å². The van der Waals surface area contributed by atoms with Gasteiger partial charge in [0.2, 0.25) is 0 Å². The summed E-state index contributed by atoms with van der Waals surface area (Å²) in [4.78, 5) is 7.59. The molecule has 150 valence electrons. The number of aromatic nitrogens is 4. The lowest BCUT2D eigenvalue weighted by Crippen LogP contribution is -2.35. The standard InChI is InChI=1S/C23H26FN5/c1-4-7-21(20(24)5-2)28-15(3)18-14-27-29-11-9-16(12-22(18)29)19-13-26-23-17(19)8-6-10-25-23/h6,8-14,20-21,28H,3-5,7H2,1-2H3,(H,25,26)/t20-,21?/m1/s1. The summed E-state index contributed by atoms with van der Waals surface area (Å²) in [6, 6.07) is 7.87. The second kappa shape index (κ2) is 8.07. The Balaban J connectivity index is 1.69. The molecule has 2 atom stereocenters. The maximum absolute atomic E-state index is 14.4. The summed E-state index contributed by atoms with van der Waals surface area (Å²) in [6.07, 6.45) is 8.73. The van der Waals surface area contributed by atoms with Gasteiger partial charge in [-0.1, -0.05) is 26.8 Å². The van der Waals surface area contributed by atoms with E-state index >= 15 is 0 Å². The Morgan fingerprint density at radius 2 is 2.21 bits per heavy atom. The summed E-state index contributed by atoms with van der Waals surface area (Å²) in [7, 11) is 0. The van der Waals surface area contributed by atoms with Crippen molar-refractivity contribution >= 4 is 22.2 Å². The number of nitrogens with one attached hydrogen (secondary N) is 2. The summed E-state index contributed by atoms with van der Waals surface area (Å²) >= 11 is 0. The van der Waals surface area contributed by atoms with E-state index in [4.69, 9.17) is 0 Å². The van der Waals surface area contributed by atoms with Crippen LogP contribution in [0.3, 0.4) is 0 Å². The molecule has 0 aliphatic carbocycles. The first-order valence-corrected chi connectivity index (χ1v) is 10.1. The van der Waals surface area contributed by atoms with Crippen LogP contribution >= 0.6 is 0 Å². The molecule has 0 radical (unpaired) electrons. The second-order valence-corrected chi connectivity index (χ2v) is 7.35. The summed E-state index contributed by atoms with van der Waals surface area (Å²) < 4.78 is 16.2. The van der Waals surface area contributed by atoms with Gasteiger partial charge in [0.05, 0.1) is 17.8 Å². The molecule has 4 rings (SSSR count). The average molecular weight is 391 g/mol. The van der Waals surface area contributed by atoms with Crippen LogP contribution in [-0.2, 0) is 0 Å². The van der Waals surface area contributed by atoms with Crippen LogP contribution in [0.15, 0.2) is 55.6 Å². The molecule has 0 bridgehead atoms. The van der Waals surface area contributed by atoms with Crippen molar-refractivity contribution in [1.29, 1.82) is 0 Å². The van der Waals surface area contributed by atoms with E-state index in [1.807, 2.05) is 36.0 Å². The monoisotopic (exact) mass is 391 g/mol. The molecule has 0 aromatic carbocycles. The van der Waals surface area contributed by atoms with Gasteiger partial charge in [-0.3, -0.25) is 0 Å². The Bertz CT molecular complexity index is 1140. The fourth-order valence-electron chi connectivity index (χ4n) is 3.82. The highest BCUT2D eigenvalue weighted by molar-refractivity contribution is 5.94. The SMILES string of the molecule is C=C(NC(CCC)[C@H](F)CC)c1cnn2ccc(-c3c[nH]c4ncccc34)cc12. The molecule has 4 aromatic heterocycles. The molecule has 5 nitrogen and oxygen atoms in total. The average Bonchev–Trinajstić information content (AvgIpc) is 3.36. The van der Waals surface area contributed by atoms with Crippen LogP contribution in [0, 0.1) is 0 Å².